The number of ketones is 1. The molecule has 15 heavy (non-hydrogen) atoms. The first-order valence-corrected chi connectivity index (χ1v) is 5.97. The monoisotopic (exact) mass is 227 g/mol. The van der Waals surface area contributed by atoms with E-state index in [4.69, 9.17) is 4.74 Å². The molecule has 0 amide bonds. The summed E-state index contributed by atoms with van der Waals surface area (Å²) in [5.74, 6) is 0.109. The molecule has 0 aliphatic carbocycles. The summed E-state index contributed by atoms with van der Waals surface area (Å²) in [6.45, 7) is 6.88. The van der Waals surface area contributed by atoms with Gasteiger partial charge in [0.2, 0.25) is 0 Å². The van der Waals surface area contributed by atoms with Crippen molar-refractivity contribution in [1.82, 2.24) is 4.98 Å². The van der Waals surface area contributed by atoms with Crippen LogP contribution >= 0.6 is 11.3 Å². The quantitative estimate of drug-likeness (QED) is 0.700. The van der Waals surface area contributed by atoms with E-state index in [2.05, 4.69) is 4.98 Å². The minimum atomic E-state index is 0.109. The molecule has 0 saturated carbocycles. The van der Waals surface area contributed by atoms with Crippen LogP contribution in [-0.4, -0.2) is 24.0 Å². The van der Waals surface area contributed by atoms with Crippen LogP contribution in [0.3, 0.4) is 0 Å². The third-order valence-corrected chi connectivity index (χ3v) is 3.11. The number of aromatic nitrogens is 1. The van der Waals surface area contributed by atoms with Gasteiger partial charge >= 0.3 is 0 Å². The lowest BCUT2D eigenvalue weighted by Gasteiger charge is -1.99. The highest BCUT2D eigenvalue weighted by Crippen LogP contribution is 2.16. The van der Waals surface area contributed by atoms with Crippen LogP contribution in [0.25, 0.3) is 0 Å². The summed E-state index contributed by atoms with van der Waals surface area (Å²) in [5.41, 5.74) is 1.03. The second-order valence-corrected chi connectivity index (χ2v) is 4.80. The van der Waals surface area contributed by atoms with Crippen LogP contribution in [0.5, 0.6) is 0 Å². The summed E-state index contributed by atoms with van der Waals surface area (Å²) in [5, 5.41) is 0.898. The maximum atomic E-state index is 11.4. The summed E-state index contributed by atoms with van der Waals surface area (Å²) in [6.07, 6.45) is 1.35. The largest absolute Gasteiger partial charge is 0.374 e. The van der Waals surface area contributed by atoms with Gasteiger partial charge in [-0.15, -0.1) is 11.3 Å². The fourth-order valence-corrected chi connectivity index (χ4v) is 2.13. The second kappa shape index (κ2) is 5.98. The van der Waals surface area contributed by atoms with E-state index in [1.165, 1.54) is 4.88 Å². The number of ether oxygens (including phenoxy) is 1. The molecule has 0 atom stereocenters. The van der Waals surface area contributed by atoms with E-state index >= 15 is 0 Å². The Morgan fingerprint density at radius 2 is 2.20 bits per heavy atom. The zero-order chi connectivity index (χ0) is 11.3. The van der Waals surface area contributed by atoms with Gasteiger partial charge in [0.05, 0.1) is 12.1 Å². The lowest BCUT2D eigenvalue weighted by Crippen LogP contribution is -2.11. The highest BCUT2D eigenvalue weighted by molar-refractivity contribution is 7.11. The van der Waals surface area contributed by atoms with Gasteiger partial charge < -0.3 is 4.74 Å². The predicted octanol–water partition coefficient (Wildman–Crippen LogP) is 2.30. The number of rotatable bonds is 6. The summed E-state index contributed by atoms with van der Waals surface area (Å²) in [6, 6.07) is 0. The fraction of sp³-hybridized carbons (Fsp3) is 0.636. The minimum absolute atomic E-state index is 0.109. The molecule has 3 nitrogen and oxygen atoms in total. The molecule has 1 aromatic heterocycles. The van der Waals surface area contributed by atoms with E-state index in [0.717, 1.165) is 17.1 Å². The molecule has 1 heterocycles. The number of thiazole rings is 1. The van der Waals surface area contributed by atoms with Crippen molar-refractivity contribution in [2.24, 2.45) is 0 Å². The van der Waals surface area contributed by atoms with Crippen LogP contribution in [0.15, 0.2) is 0 Å². The Morgan fingerprint density at radius 3 is 2.73 bits per heavy atom. The molecule has 0 fully saturated rings. The zero-order valence-electron chi connectivity index (χ0n) is 9.50. The van der Waals surface area contributed by atoms with Crippen molar-refractivity contribution >= 4 is 17.1 Å². The van der Waals surface area contributed by atoms with Crippen molar-refractivity contribution in [2.75, 3.05) is 13.2 Å². The Bertz CT molecular complexity index is 314. The van der Waals surface area contributed by atoms with Crippen molar-refractivity contribution in [2.45, 2.75) is 33.6 Å². The molecule has 0 aliphatic heterocycles. The van der Waals surface area contributed by atoms with Gasteiger partial charge in [-0.2, -0.15) is 0 Å². The highest BCUT2D eigenvalue weighted by Gasteiger charge is 2.08. The van der Waals surface area contributed by atoms with E-state index in [-0.39, 0.29) is 12.4 Å². The molecule has 0 saturated heterocycles. The van der Waals surface area contributed by atoms with Crippen LogP contribution in [0, 0.1) is 13.8 Å². The molecular formula is C11H17NO2S. The first-order chi connectivity index (χ1) is 7.13. The maximum Gasteiger partial charge on any atom is 0.165 e. The minimum Gasteiger partial charge on any atom is -0.374 e. The number of nitrogens with zero attached hydrogens (tertiary/aromatic N) is 1. The number of hydrogen-bond donors (Lipinski definition) is 0. The van der Waals surface area contributed by atoms with Crippen LogP contribution < -0.4 is 0 Å². The third-order valence-electron chi connectivity index (χ3n) is 2.03. The topological polar surface area (TPSA) is 39.2 Å². The van der Waals surface area contributed by atoms with Gasteiger partial charge in [-0.05, 0) is 20.3 Å². The van der Waals surface area contributed by atoms with Gasteiger partial charge in [0.15, 0.2) is 5.78 Å². The van der Waals surface area contributed by atoms with Crippen LogP contribution in [0.1, 0.15) is 28.9 Å². The number of carbonyl (C=O) groups is 1. The Hall–Kier alpha value is -0.740. The molecule has 0 aromatic carbocycles. The van der Waals surface area contributed by atoms with Crippen LogP contribution in [0.4, 0.5) is 0 Å². The average molecular weight is 227 g/mol. The Balaban J connectivity index is 2.37. The SMILES string of the molecule is CCCOCC(=O)Cc1nc(C)c(C)s1. The number of carbonyl (C=O) groups excluding carboxylic acids is 1. The van der Waals surface area contributed by atoms with Crippen LogP contribution in [0.2, 0.25) is 0 Å². The number of hydrogen-bond acceptors (Lipinski definition) is 4. The molecule has 0 unspecified atom stereocenters. The normalized spacial score (nSPS) is 10.6. The zero-order valence-corrected chi connectivity index (χ0v) is 10.3. The molecule has 84 valence electrons. The first kappa shape index (κ1) is 12.3. The van der Waals surface area contributed by atoms with Crippen molar-refractivity contribution in [3.05, 3.63) is 15.6 Å². The lowest BCUT2D eigenvalue weighted by molar-refractivity contribution is -0.122. The molecule has 1 rings (SSSR count). The Labute approximate surface area is 94.5 Å². The third kappa shape index (κ3) is 4.10. The second-order valence-electron chi connectivity index (χ2n) is 3.52. The molecule has 0 bridgehead atoms. The molecule has 0 N–H and O–H groups in total. The Morgan fingerprint density at radius 1 is 1.47 bits per heavy atom. The predicted molar refractivity (Wildman–Crippen MR) is 61.4 cm³/mol. The van der Waals surface area contributed by atoms with Crippen molar-refractivity contribution in [3.8, 4) is 0 Å². The standard InChI is InChI=1S/C11H17NO2S/c1-4-5-14-7-10(13)6-11-12-8(2)9(3)15-11/h4-7H2,1-3H3. The smallest absolute Gasteiger partial charge is 0.165 e. The van der Waals surface area contributed by atoms with Gasteiger partial charge in [0, 0.05) is 11.5 Å². The molecule has 0 aliphatic rings. The van der Waals surface area contributed by atoms with Gasteiger partial charge in [0.25, 0.3) is 0 Å². The molecule has 0 spiro atoms. The number of aryl methyl sites for hydroxylation is 2. The average Bonchev–Trinajstić information content (AvgIpc) is 2.46. The van der Waals surface area contributed by atoms with E-state index in [1.54, 1.807) is 11.3 Å². The lowest BCUT2D eigenvalue weighted by atomic mass is 10.3. The molecule has 1 aromatic rings. The van der Waals surface area contributed by atoms with E-state index in [0.29, 0.717) is 13.0 Å². The van der Waals surface area contributed by atoms with Gasteiger partial charge in [0.1, 0.15) is 11.6 Å². The molecule has 0 radical (unpaired) electrons. The first-order valence-electron chi connectivity index (χ1n) is 5.15. The maximum absolute atomic E-state index is 11.4. The van der Waals surface area contributed by atoms with E-state index in [9.17, 15) is 4.79 Å². The molecular weight excluding hydrogens is 210 g/mol. The summed E-state index contributed by atoms with van der Waals surface area (Å²) >= 11 is 1.59. The van der Waals surface area contributed by atoms with E-state index < -0.39 is 0 Å². The van der Waals surface area contributed by atoms with Gasteiger partial charge in [-0.1, -0.05) is 6.92 Å². The Kier molecular flexibility index (Phi) is 4.91. The fourth-order valence-electron chi connectivity index (χ4n) is 1.16. The van der Waals surface area contributed by atoms with Crippen LogP contribution in [-0.2, 0) is 16.0 Å². The van der Waals surface area contributed by atoms with Crippen molar-refractivity contribution in [1.29, 1.82) is 0 Å². The summed E-state index contributed by atoms with van der Waals surface area (Å²) in [4.78, 5) is 17.0. The molecule has 4 heteroatoms. The van der Waals surface area contributed by atoms with Gasteiger partial charge in [-0.3, -0.25) is 4.79 Å². The highest BCUT2D eigenvalue weighted by atomic mass is 32.1. The van der Waals surface area contributed by atoms with Crippen molar-refractivity contribution < 1.29 is 9.53 Å². The van der Waals surface area contributed by atoms with Crippen molar-refractivity contribution in [3.63, 3.8) is 0 Å². The van der Waals surface area contributed by atoms with E-state index in [1.807, 2.05) is 20.8 Å². The van der Waals surface area contributed by atoms with Gasteiger partial charge in [-0.25, -0.2) is 4.98 Å². The number of Topliss-reactive ketones (excluding diaryl/α,β-unsaturated/α-hetero) is 1. The summed E-state index contributed by atoms with van der Waals surface area (Å²) < 4.78 is 5.18. The summed E-state index contributed by atoms with van der Waals surface area (Å²) in [7, 11) is 0.